The number of halogens is 1. The second-order valence-electron chi connectivity index (χ2n) is 9.53. The van der Waals surface area contributed by atoms with Crippen molar-refractivity contribution in [2.45, 2.75) is 51.0 Å². The third-order valence-electron chi connectivity index (χ3n) is 7.78. The van der Waals surface area contributed by atoms with E-state index in [0.717, 1.165) is 70.3 Å². The van der Waals surface area contributed by atoms with Crippen LogP contribution in [0.5, 0.6) is 5.75 Å². The Morgan fingerprint density at radius 1 is 0.867 bits per heavy atom. The predicted octanol–water partition coefficient (Wildman–Crippen LogP) is 3.48. The van der Waals surface area contributed by atoms with Gasteiger partial charge in [0.1, 0.15) is 17.7 Å². The maximum atomic E-state index is 13.0. The zero-order chi connectivity index (χ0) is 20.7. The summed E-state index contributed by atoms with van der Waals surface area (Å²) < 4.78 is 19.0. The summed E-state index contributed by atoms with van der Waals surface area (Å²) in [6.45, 7) is 3.56. The quantitative estimate of drug-likeness (QED) is 0.506. The Kier molecular flexibility index (Phi) is 5.52. The number of amides is 2. The van der Waals surface area contributed by atoms with E-state index in [0.29, 0.717) is 18.4 Å². The maximum Gasteiger partial charge on any atom is 0.233 e. The second kappa shape index (κ2) is 8.29. The van der Waals surface area contributed by atoms with E-state index >= 15 is 0 Å². The number of fused-ring (bicyclic) bond motifs is 5. The van der Waals surface area contributed by atoms with E-state index in [9.17, 15) is 14.0 Å². The van der Waals surface area contributed by atoms with Crippen LogP contribution in [-0.4, -0.2) is 53.9 Å². The van der Waals surface area contributed by atoms with Crippen LogP contribution in [0.25, 0.3) is 0 Å². The summed E-state index contributed by atoms with van der Waals surface area (Å²) in [6, 6.07) is 6.22. The molecule has 162 valence electrons. The van der Waals surface area contributed by atoms with Gasteiger partial charge >= 0.3 is 0 Å². The van der Waals surface area contributed by atoms with Crippen LogP contribution in [0.4, 0.5) is 4.39 Å². The molecule has 2 aliphatic heterocycles. The van der Waals surface area contributed by atoms with E-state index < -0.39 is 0 Å². The number of imide groups is 1. The van der Waals surface area contributed by atoms with Crippen LogP contribution in [0.1, 0.15) is 44.9 Å². The van der Waals surface area contributed by atoms with E-state index in [1.54, 1.807) is 17.0 Å². The van der Waals surface area contributed by atoms with Crippen LogP contribution < -0.4 is 4.74 Å². The molecule has 2 saturated heterocycles. The SMILES string of the molecule is O=C1[C@@H]2[C@H]3CC[C@H](C3)[C@@H]2C(=O)N1CCCCN1CCC(Oc2ccc(F)cc2)CC1. The number of carbonyl (C=O) groups is 2. The van der Waals surface area contributed by atoms with Crippen molar-refractivity contribution in [1.29, 1.82) is 0 Å². The molecule has 2 saturated carbocycles. The van der Waals surface area contributed by atoms with Gasteiger partial charge in [-0.15, -0.1) is 0 Å². The van der Waals surface area contributed by atoms with E-state index in [1.807, 2.05) is 0 Å². The molecule has 4 aliphatic rings. The van der Waals surface area contributed by atoms with Crippen molar-refractivity contribution in [2.75, 3.05) is 26.2 Å². The van der Waals surface area contributed by atoms with Gasteiger partial charge in [0.2, 0.25) is 11.8 Å². The fourth-order valence-corrected chi connectivity index (χ4v) is 6.25. The van der Waals surface area contributed by atoms with Gasteiger partial charge in [0.25, 0.3) is 0 Å². The molecule has 4 atom stereocenters. The number of hydrogen-bond acceptors (Lipinski definition) is 4. The molecule has 4 fully saturated rings. The number of unbranched alkanes of at least 4 members (excludes halogenated alkanes) is 1. The molecule has 2 heterocycles. The minimum atomic E-state index is -0.245. The van der Waals surface area contributed by atoms with Crippen molar-refractivity contribution < 1.29 is 18.7 Å². The van der Waals surface area contributed by atoms with Gasteiger partial charge in [-0.25, -0.2) is 4.39 Å². The highest BCUT2D eigenvalue weighted by Crippen LogP contribution is 2.56. The van der Waals surface area contributed by atoms with Crippen LogP contribution in [0.3, 0.4) is 0 Å². The molecular weight excluding hydrogens is 383 g/mol. The normalized spacial score (nSPS) is 31.6. The minimum absolute atomic E-state index is 0.0105. The van der Waals surface area contributed by atoms with Gasteiger partial charge in [0.05, 0.1) is 11.8 Å². The number of likely N-dealkylation sites (tertiary alicyclic amines) is 2. The first-order valence-corrected chi connectivity index (χ1v) is 11.6. The first kappa shape index (κ1) is 20.0. The predicted molar refractivity (Wildman–Crippen MR) is 110 cm³/mol. The number of piperidine rings is 1. The molecule has 1 aromatic carbocycles. The second-order valence-corrected chi connectivity index (χ2v) is 9.53. The first-order chi connectivity index (χ1) is 14.6. The number of carbonyl (C=O) groups excluding carboxylic acids is 2. The highest BCUT2D eigenvalue weighted by atomic mass is 19.1. The Bertz CT molecular complexity index is 762. The molecule has 2 bridgehead atoms. The average Bonchev–Trinajstić information content (AvgIpc) is 3.43. The largest absolute Gasteiger partial charge is 0.490 e. The molecule has 6 heteroatoms. The van der Waals surface area contributed by atoms with Crippen molar-refractivity contribution >= 4 is 11.8 Å². The Morgan fingerprint density at radius 3 is 2.10 bits per heavy atom. The molecule has 30 heavy (non-hydrogen) atoms. The van der Waals surface area contributed by atoms with Gasteiger partial charge in [0.15, 0.2) is 0 Å². The highest BCUT2D eigenvalue weighted by Gasteiger charge is 2.60. The number of ether oxygens (including phenoxy) is 1. The van der Waals surface area contributed by atoms with Crippen molar-refractivity contribution in [3.63, 3.8) is 0 Å². The Balaban J connectivity index is 1.01. The lowest BCUT2D eigenvalue weighted by molar-refractivity contribution is -0.140. The monoisotopic (exact) mass is 414 g/mol. The van der Waals surface area contributed by atoms with Gasteiger partial charge in [-0.05, 0) is 87.6 Å². The zero-order valence-corrected chi connectivity index (χ0v) is 17.5. The average molecular weight is 415 g/mol. The molecule has 1 aromatic rings. The number of nitrogens with zero attached hydrogens (tertiary/aromatic N) is 2. The van der Waals surface area contributed by atoms with Crippen LogP contribution in [0, 0.1) is 29.5 Å². The lowest BCUT2D eigenvalue weighted by Crippen LogP contribution is -2.39. The van der Waals surface area contributed by atoms with Crippen molar-refractivity contribution in [2.24, 2.45) is 23.7 Å². The summed E-state index contributed by atoms with van der Waals surface area (Å²) in [6.07, 6.45) is 7.38. The molecule has 2 aliphatic carbocycles. The van der Waals surface area contributed by atoms with Gasteiger partial charge in [0, 0.05) is 19.6 Å². The molecule has 5 nitrogen and oxygen atoms in total. The van der Waals surface area contributed by atoms with Gasteiger partial charge in [-0.1, -0.05) is 0 Å². The maximum absolute atomic E-state index is 13.0. The van der Waals surface area contributed by atoms with Gasteiger partial charge < -0.3 is 9.64 Å². The van der Waals surface area contributed by atoms with E-state index in [1.165, 1.54) is 12.1 Å². The number of benzene rings is 1. The highest BCUT2D eigenvalue weighted by molar-refractivity contribution is 6.06. The fraction of sp³-hybridized carbons (Fsp3) is 0.667. The lowest BCUT2D eigenvalue weighted by Gasteiger charge is -2.32. The summed E-state index contributed by atoms with van der Waals surface area (Å²) in [5.74, 6) is 1.69. The Morgan fingerprint density at radius 2 is 1.47 bits per heavy atom. The van der Waals surface area contributed by atoms with E-state index in [2.05, 4.69) is 4.90 Å². The Labute approximate surface area is 177 Å². The molecule has 0 aromatic heterocycles. The van der Waals surface area contributed by atoms with Crippen LogP contribution in [0.15, 0.2) is 24.3 Å². The summed E-state index contributed by atoms with van der Waals surface area (Å²) in [7, 11) is 0. The topological polar surface area (TPSA) is 49.9 Å². The third-order valence-corrected chi connectivity index (χ3v) is 7.78. The third kappa shape index (κ3) is 3.75. The van der Waals surface area contributed by atoms with Crippen LogP contribution in [-0.2, 0) is 9.59 Å². The number of hydrogen-bond donors (Lipinski definition) is 0. The first-order valence-electron chi connectivity index (χ1n) is 11.6. The minimum Gasteiger partial charge on any atom is -0.490 e. The fourth-order valence-electron chi connectivity index (χ4n) is 6.25. The van der Waals surface area contributed by atoms with Crippen molar-refractivity contribution in [3.8, 4) is 5.75 Å². The molecule has 2 amide bonds. The molecule has 0 unspecified atom stereocenters. The van der Waals surface area contributed by atoms with Crippen molar-refractivity contribution in [3.05, 3.63) is 30.1 Å². The standard InChI is InChI=1S/C24H31FN2O3/c25-18-5-7-19(8-6-18)30-20-9-13-26(14-10-20)11-1-2-12-27-23(28)21-16-3-4-17(15-16)22(21)24(27)29/h5-8,16-17,20-22H,1-4,9-15H2/t16-,17+,21+,22-. The van der Waals surface area contributed by atoms with Crippen molar-refractivity contribution in [1.82, 2.24) is 9.80 Å². The summed E-state index contributed by atoms with van der Waals surface area (Å²) >= 11 is 0. The molecule has 0 spiro atoms. The van der Waals surface area contributed by atoms with Gasteiger partial charge in [-0.3, -0.25) is 14.5 Å². The smallest absolute Gasteiger partial charge is 0.233 e. The number of rotatable bonds is 7. The Hall–Kier alpha value is -1.95. The van der Waals surface area contributed by atoms with E-state index in [4.69, 9.17) is 4.74 Å². The summed E-state index contributed by atoms with van der Waals surface area (Å²) in [4.78, 5) is 29.5. The summed E-state index contributed by atoms with van der Waals surface area (Å²) in [5, 5.41) is 0. The molecule has 5 rings (SSSR count). The molecule has 0 N–H and O–H groups in total. The van der Waals surface area contributed by atoms with E-state index in [-0.39, 0.29) is 35.6 Å². The van der Waals surface area contributed by atoms with Gasteiger partial charge in [-0.2, -0.15) is 0 Å². The lowest BCUT2D eigenvalue weighted by atomic mass is 9.81. The summed E-state index contributed by atoms with van der Waals surface area (Å²) in [5.41, 5.74) is 0. The van der Waals surface area contributed by atoms with Crippen LogP contribution in [0.2, 0.25) is 0 Å². The zero-order valence-electron chi connectivity index (χ0n) is 17.5. The molecule has 0 radical (unpaired) electrons. The van der Waals surface area contributed by atoms with Crippen LogP contribution >= 0.6 is 0 Å². The molecular formula is C24H31FN2O3.